The summed E-state index contributed by atoms with van der Waals surface area (Å²) < 4.78 is 5.19. The summed E-state index contributed by atoms with van der Waals surface area (Å²) in [6.07, 6.45) is 0.258. The number of ether oxygens (including phenoxy) is 1. The summed E-state index contributed by atoms with van der Waals surface area (Å²) in [6.45, 7) is 2.79. The standard InChI is InChI=1S/C18H16O5S/c1-11(19)9-13-7-8-15(23-12(2)20)17(10-13)24-16-6-4-3-5-14(16)18(21)22/h3-8,10H,9H2,1-2H3,(H,21,22). The average Bonchev–Trinajstić information content (AvgIpc) is 2.49. The first-order valence-corrected chi connectivity index (χ1v) is 7.99. The van der Waals surface area contributed by atoms with Crippen LogP contribution in [0.5, 0.6) is 5.75 Å². The molecule has 0 saturated heterocycles. The van der Waals surface area contributed by atoms with Gasteiger partial charge in [-0.2, -0.15) is 0 Å². The van der Waals surface area contributed by atoms with Gasteiger partial charge >= 0.3 is 11.9 Å². The Hall–Kier alpha value is -2.60. The first kappa shape index (κ1) is 17.7. The van der Waals surface area contributed by atoms with Crippen molar-refractivity contribution in [3.8, 4) is 5.75 Å². The molecule has 2 aromatic rings. The van der Waals surface area contributed by atoms with Crippen LogP contribution in [0, 0.1) is 0 Å². The van der Waals surface area contributed by atoms with Crippen molar-refractivity contribution in [3.05, 3.63) is 53.6 Å². The lowest BCUT2D eigenvalue weighted by molar-refractivity contribution is -0.132. The van der Waals surface area contributed by atoms with Gasteiger partial charge in [0.15, 0.2) is 0 Å². The van der Waals surface area contributed by atoms with Crippen molar-refractivity contribution in [2.75, 3.05) is 0 Å². The van der Waals surface area contributed by atoms with Crippen molar-refractivity contribution in [2.24, 2.45) is 0 Å². The molecule has 0 spiro atoms. The molecule has 0 bridgehead atoms. The molecule has 0 fully saturated rings. The Kier molecular flexibility index (Phi) is 5.76. The largest absolute Gasteiger partial charge is 0.478 e. The van der Waals surface area contributed by atoms with Crippen LogP contribution >= 0.6 is 11.8 Å². The molecular weight excluding hydrogens is 328 g/mol. The van der Waals surface area contributed by atoms with Gasteiger partial charge in [0.2, 0.25) is 0 Å². The second kappa shape index (κ2) is 7.79. The van der Waals surface area contributed by atoms with E-state index in [1.807, 2.05) is 0 Å². The van der Waals surface area contributed by atoms with E-state index in [2.05, 4.69) is 0 Å². The maximum atomic E-state index is 11.3. The lowest BCUT2D eigenvalue weighted by Crippen LogP contribution is -2.04. The highest BCUT2D eigenvalue weighted by Gasteiger charge is 2.15. The summed E-state index contributed by atoms with van der Waals surface area (Å²) >= 11 is 1.18. The van der Waals surface area contributed by atoms with E-state index < -0.39 is 11.9 Å². The number of carboxylic acid groups (broad SMARTS) is 1. The van der Waals surface area contributed by atoms with Crippen LogP contribution in [0.3, 0.4) is 0 Å². The summed E-state index contributed by atoms with van der Waals surface area (Å²) in [5.41, 5.74) is 0.932. The fraction of sp³-hybridized carbons (Fsp3) is 0.167. The van der Waals surface area contributed by atoms with Crippen molar-refractivity contribution >= 4 is 29.5 Å². The van der Waals surface area contributed by atoms with Crippen LogP contribution in [-0.2, 0) is 16.0 Å². The fourth-order valence-electron chi connectivity index (χ4n) is 2.12. The third-order valence-corrected chi connectivity index (χ3v) is 4.17. The van der Waals surface area contributed by atoms with E-state index in [9.17, 15) is 19.5 Å². The lowest BCUT2D eigenvalue weighted by Gasteiger charge is -2.12. The zero-order valence-electron chi connectivity index (χ0n) is 13.2. The molecule has 0 unspecified atom stereocenters. The highest BCUT2D eigenvalue weighted by Crippen LogP contribution is 2.37. The van der Waals surface area contributed by atoms with Crippen LogP contribution in [0.15, 0.2) is 52.3 Å². The Morgan fingerprint density at radius 2 is 1.75 bits per heavy atom. The third-order valence-electron chi connectivity index (χ3n) is 3.05. The zero-order chi connectivity index (χ0) is 17.7. The van der Waals surface area contributed by atoms with Crippen LogP contribution in [0.2, 0.25) is 0 Å². The summed E-state index contributed by atoms with van der Waals surface area (Å²) in [4.78, 5) is 35.0. The van der Waals surface area contributed by atoms with Gasteiger partial charge in [0, 0.05) is 18.2 Å². The maximum Gasteiger partial charge on any atom is 0.336 e. The van der Waals surface area contributed by atoms with E-state index in [1.54, 1.807) is 36.4 Å². The molecule has 0 amide bonds. The topological polar surface area (TPSA) is 80.7 Å². The molecule has 0 saturated carbocycles. The molecule has 1 N–H and O–H groups in total. The average molecular weight is 344 g/mol. The number of ketones is 1. The second-order valence-electron chi connectivity index (χ2n) is 5.16. The fourth-order valence-corrected chi connectivity index (χ4v) is 3.19. The number of carbonyl (C=O) groups excluding carboxylic acids is 2. The Labute approximate surface area is 143 Å². The van der Waals surface area contributed by atoms with Gasteiger partial charge in [-0.1, -0.05) is 30.0 Å². The minimum Gasteiger partial charge on any atom is -0.478 e. The molecular formula is C18H16O5S. The number of hydrogen-bond acceptors (Lipinski definition) is 5. The molecule has 124 valence electrons. The number of benzene rings is 2. The number of aromatic carboxylic acids is 1. The Balaban J connectivity index is 2.44. The van der Waals surface area contributed by atoms with Crippen LogP contribution in [0.4, 0.5) is 0 Å². The number of carboxylic acids is 1. The molecule has 2 rings (SSSR count). The maximum absolute atomic E-state index is 11.3. The van der Waals surface area contributed by atoms with Crippen molar-refractivity contribution < 1.29 is 24.2 Å². The van der Waals surface area contributed by atoms with E-state index in [4.69, 9.17) is 4.74 Å². The number of carbonyl (C=O) groups is 3. The molecule has 5 nitrogen and oxygen atoms in total. The van der Waals surface area contributed by atoms with E-state index in [1.165, 1.54) is 31.7 Å². The predicted octanol–water partition coefficient (Wildman–Crippen LogP) is 3.59. The Morgan fingerprint density at radius 1 is 1.04 bits per heavy atom. The van der Waals surface area contributed by atoms with Crippen LogP contribution in [0.1, 0.15) is 29.8 Å². The first-order valence-electron chi connectivity index (χ1n) is 7.17. The van der Waals surface area contributed by atoms with Gasteiger partial charge in [0.25, 0.3) is 0 Å². The molecule has 2 aromatic carbocycles. The molecule has 0 aliphatic rings. The summed E-state index contributed by atoms with van der Waals surface area (Å²) in [6, 6.07) is 11.6. The van der Waals surface area contributed by atoms with Crippen molar-refractivity contribution in [1.82, 2.24) is 0 Å². The molecule has 6 heteroatoms. The van der Waals surface area contributed by atoms with Crippen molar-refractivity contribution in [2.45, 2.75) is 30.1 Å². The van der Waals surface area contributed by atoms with E-state index >= 15 is 0 Å². The van der Waals surface area contributed by atoms with Gasteiger partial charge in [-0.3, -0.25) is 9.59 Å². The molecule has 24 heavy (non-hydrogen) atoms. The van der Waals surface area contributed by atoms with Gasteiger partial charge in [-0.05, 0) is 36.8 Å². The molecule has 0 aromatic heterocycles. The van der Waals surface area contributed by atoms with Gasteiger partial charge in [-0.15, -0.1) is 0 Å². The number of Topliss-reactive ketones (excluding diaryl/α,β-unsaturated/α-hetero) is 1. The summed E-state index contributed by atoms with van der Waals surface area (Å²) in [7, 11) is 0. The van der Waals surface area contributed by atoms with Gasteiger partial charge in [-0.25, -0.2) is 4.79 Å². The minimum atomic E-state index is -1.04. The lowest BCUT2D eigenvalue weighted by atomic mass is 10.1. The molecule has 0 heterocycles. The summed E-state index contributed by atoms with van der Waals surface area (Å²) in [5, 5.41) is 9.29. The summed E-state index contributed by atoms with van der Waals surface area (Å²) in [5.74, 6) is -1.16. The molecule has 0 aliphatic heterocycles. The number of esters is 1. The second-order valence-corrected chi connectivity index (χ2v) is 6.24. The predicted molar refractivity (Wildman–Crippen MR) is 89.7 cm³/mol. The van der Waals surface area contributed by atoms with Crippen LogP contribution in [0.25, 0.3) is 0 Å². The SMILES string of the molecule is CC(=O)Cc1ccc(OC(C)=O)c(Sc2ccccc2C(=O)O)c1. The zero-order valence-corrected chi connectivity index (χ0v) is 14.1. The quantitative estimate of drug-likeness (QED) is 0.637. The first-order chi connectivity index (χ1) is 11.4. The van der Waals surface area contributed by atoms with E-state index in [0.717, 1.165) is 5.56 Å². The normalized spacial score (nSPS) is 10.2. The molecule has 0 radical (unpaired) electrons. The highest BCUT2D eigenvalue weighted by atomic mass is 32.2. The van der Waals surface area contributed by atoms with Crippen LogP contribution in [-0.4, -0.2) is 22.8 Å². The monoisotopic (exact) mass is 344 g/mol. The Bertz CT molecular complexity index is 798. The van der Waals surface area contributed by atoms with Crippen LogP contribution < -0.4 is 4.74 Å². The molecule has 0 atom stereocenters. The van der Waals surface area contributed by atoms with E-state index in [0.29, 0.717) is 15.5 Å². The van der Waals surface area contributed by atoms with Crippen molar-refractivity contribution in [3.63, 3.8) is 0 Å². The Morgan fingerprint density at radius 3 is 2.38 bits per heavy atom. The van der Waals surface area contributed by atoms with Crippen molar-refractivity contribution in [1.29, 1.82) is 0 Å². The highest BCUT2D eigenvalue weighted by molar-refractivity contribution is 7.99. The molecule has 0 aliphatic carbocycles. The van der Waals surface area contributed by atoms with Gasteiger partial charge in [0.05, 0.1) is 10.5 Å². The number of rotatable bonds is 6. The van der Waals surface area contributed by atoms with Gasteiger partial charge in [0.1, 0.15) is 11.5 Å². The smallest absolute Gasteiger partial charge is 0.336 e. The minimum absolute atomic E-state index is 0.0112. The van der Waals surface area contributed by atoms with Gasteiger partial charge < -0.3 is 9.84 Å². The third kappa shape index (κ3) is 4.70. The van der Waals surface area contributed by atoms with E-state index in [-0.39, 0.29) is 17.8 Å². The number of hydrogen-bond donors (Lipinski definition) is 1.